The number of anilines is 1. The molecule has 0 radical (unpaired) electrons. The molecule has 3 rings (SSSR count). The van der Waals surface area contributed by atoms with Crippen LogP contribution in [0.4, 0.5) is 5.69 Å². The maximum Gasteiger partial charge on any atom is 0.254 e. The van der Waals surface area contributed by atoms with Crippen molar-refractivity contribution in [3.8, 4) is 0 Å². The quantitative estimate of drug-likeness (QED) is 0.785. The zero-order valence-electron chi connectivity index (χ0n) is 12.2. The first-order valence-electron chi connectivity index (χ1n) is 7.13. The number of para-hydroxylation sites is 1. The van der Waals surface area contributed by atoms with Crippen LogP contribution in [0.3, 0.4) is 0 Å². The van der Waals surface area contributed by atoms with E-state index in [1.807, 2.05) is 0 Å². The second-order valence-electron chi connectivity index (χ2n) is 5.12. The van der Waals surface area contributed by atoms with Crippen molar-refractivity contribution < 1.29 is 18.8 Å². The van der Waals surface area contributed by atoms with Crippen LogP contribution in [-0.4, -0.2) is 23.8 Å². The Balaban J connectivity index is 1.63. The number of hydrogen-bond donors (Lipinski definition) is 3. The van der Waals surface area contributed by atoms with Crippen molar-refractivity contribution >= 4 is 23.4 Å². The molecule has 7 heteroatoms. The molecule has 0 fully saturated rings. The Bertz CT molecular complexity index is 740. The van der Waals surface area contributed by atoms with Gasteiger partial charge in [0.2, 0.25) is 11.8 Å². The summed E-state index contributed by atoms with van der Waals surface area (Å²) < 4.78 is 5.11. The predicted molar refractivity (Wildman–Crippen MR) is 81.5 cm³/mol. The Labute approximate surface area is 132 Å². The van der Waals surface area contributed by atoms with Gasteiger partial charge in [-0.25, -0.2) is 0 Å². The summed E-state index contributed by atoms with van der Waals surface area (Å²) in [5.41, 5.74) is 0.813. The van der Waals surface area contributed by atoms with E-state index in [1.54, 1.807) is 36.4 Å². The van der Waals surface area contributed by atoms with Crippen molar-refractivity contribution in [1.82, 2.24) is 10.6 Å². The van der Waals surface area contributed by atoms with E-state index in [0.29, 0.717) is 17.0 Å². The molecule has 1 aliphatic heterocycles. The predicted octanol–water partition coefficient (Wildman–Crippen LogP) is 1.04. The van der Waals surface area contributed by atoms with Crippen LogP contribution in [0.5, 0.6) is 0 Å². The molecule has 3 amide bonds. The molecule has 0 aliphatic carbocycles. The van der Waals surface area contributed by atoms with Gasteiger partial charge >= 0.3 is 0 Å². The number of furan rings is 1. The summed E-state index contributed by atoms with van der Waals surface area (Å²) >= 11 is 0. The molecule has 2 aromatic rings. The number of carbonyl (C=O) groups is 3. The smallest absolute Gasteiger partial charge is 0.254 e. The summed E-state index contributed by atoms with van der Waals surface area (Å²) in [6, 6.07) is 9.22. The highest BCUT2D eigenvalue weighted by Gasteiger charge is 2.29. The summed E-state index contributed by atoms with van der Waals surface area (Å²) in [5, 5.41) is 7.88. The molecule has 0 bridgehead atoms. The lowest BCUT2D eigenvalue weighted by atomic mass is 10.1. The van der Waals surface area contributed by atoms with Crippen LogP contribution >= 0.6 is 0 Å². The molecule has 0 saturated carbocycles. The average molecular weight is 313 g/mol. The minimum absolute atomic E-state index is 0.147. The third kappa shape index (κ3) is 3.39. The van der Waals surface area contributed by atoms with Gasteiger partial charge in [-0.2, -0.15) is 0 Å². The maximum atomic E-state index is 12.2. The summed E-state index contributed by atoms with van der Waals surface area (Å²) in [6.45, 7) is 0.231. The van der Waals surface area contributed by atoms with Crippen LogP contribution in [-0.2, 0) is 16.1 Å². The Hall–Kier alpha value is -3.09. The zero-order chi connectivity index (χ0) is 16.2. The van der Waals surface area contributed by atoms with Crippen molar-refractivity contribution in [2.24, 2.45) is 0 Å². The van der Waals surface area contributed by atoms with Gasteiger partial charge in [0.25, 0.3) is 5.91 Å². The van der Waals surface area contributed by atoms with E-state index in [4.69, 9.17) is 4.42 Å². The number of nitrogens with one attached hydrogen (secondary N) is 3. The van der Waals surface area contributed by atoms with Crippen LogP contribution in [0.15, 0.2) is 47.1 Å². The van der Waals surface area contributed by atoms with E-state index >= 15 is 0 Å². The molecule has 7 nitrogen and oxygen atoms in total. The number of amides is 3. The first-order chi connectivity index (χ1) is 11.1. The molecule has 1 aromatic heterocycles. The average Bonchev–Trinajstić information content (AvgIpc) is 3.02. The maximum absolute atomic E-state index is 12.2. The van der Waals surface area contributed by atoms with E-state index in [9.17, 15) is 14.4 Å². The van der Waals surface area contributed by atoms with Gasteiger partial charge in [-0.3, -0.25) is 14.4 Å². The minimum atomic E-state index is -0.925. The summed E-state index contributed by atoms with van der Waals surface area (Å²) in [4.78, 5) is 36.3. The molecule has 1 atom stereocenters. The van der Waals surface area contributed by atoms with Gasteiger partial charge < -0.3 is 20.4 Å². The molecule has 1 aromatic carbocycles. The monoisotopic (exact) mass is 313 g/mol. The summed E-state index contributed by atoms with van der Waals surface area (Å²) in [6.07, 6.45) is 1.37. The lowest BCUT2D eigenvalue weighted by Crippen LogP contribution is -2.44. The molecule has 0 spiro atoms. The van der Waals surface area contributed by atoms with Gasteiger partial charge in [0, 0.05) is 0 Å². The van der Waals surface area contributed by atoms with Gasteiger partial charge in [0.15, 0.2) is 0 Å². The van der Waals surface area contributed by atoms with E-state index in [-0.39, 0.29) is 24.8 Å². The fourth-order valence-corrected chi connectivity index (χ4v) is 2.31. The lowest BCUT2D eigenvalue weighted by Gasteiger charge is -2.14. The van der Waals surface area contributed by atoms with Crippen LogP contribution in [0.1, 0.15) is 22.5 Å². The molecule has 3 N–H and O–H groups in total. The van der Waals surface area contributed by atoms with Crippen LogP contribution in [0.25, 0.3) is 0 Å². The van der Waals surface area contributed by atoms with Crippen LogP contribution in [0.2, 0.25) is 0 Å². The summed E-state index contributed by atoms with van der Waals surface area (Å²) in [7, 11) is 0. The Morgan fingerprint density at radius 1 is 1.17 bits per heavy atom. The zero-order valence-corrected chi connectivity index (χ0v) is 12.2. The fraction of sp³-hybridized carbons (Fsp3) is 0.188. The van der Waals surface area contributed by atoms with Crippen LogP contribution < -0.4 is 16.0 Å². The normalized spacial score (nSPS) is 16.8. The van der Waals surface area contributed by atoms with Gasteiger partial charge in [0.05, 0.1) is 30.5 Å². The van der Waals surface area contributed by atoms with Crippen molar-refractivity contribution in [3.63, 3.8) is 0 Å². The third-order valence-corrected chi connectivity index (χ3v) is 3.48. The second kappa shape index (κ2) is 6.35. The molecule has 1 aliphatic rings. The first-order valence-corrected chi connectivity index (χ1v) is 7.13. The number of carbonyl (C=O) groups excluding carboxylic acids is 3. The largest absolute Gasteiger partial charge is 0.467 e. The Morgan fingerprint density at radius 3 is 2.78 bits per heavy atom. The van der Waals surface area contributed by atoms with Crippen molar-refractivity contribution in [3.05, 3.63) is 54.0 Å². The van der Waals surface area contributed by atoms with E-state index < -0.39 is 11.9 Å². The Kier molecular flexibility index (Phi) is 4.09. The standard InChI is InChI=1S/C16H15N3O4/c20-14(17-9-10-4-3-7-23-10)8-13-16(22)18-12-6-2-1-5-11(12)15(21)19-13/h1-7,13H,8-9H2,(H,17,20)(H,18,22)(H,19,21)/t13-/m1/s1. The van der Waals surface area contributed by atoms with Crippen molar-refractivity contribution in [2.75, 3.05) is 5.32 Å². The van der Waals surface area contributed by atoms with Crippen LogP contribution in [0, 0.1) is 0 Å². The van der Waals surface area contributed by atoms with Gasteiger partial charge in [-0.1, -0.05) is 12.1 Å². The van der Waals surface area contributed by atoms with E-state index in [1.165, 1.54) is 6.26 Å². The molecule has 0 saturated heterocycles. The topological polar surface area (TPSA) is 100 Å². The van der Waals surface area contributed by atoms with Crippen molar-refractivity contribution in [1.29, 1.82) is 0 Å². The minimum Gasteiger partial charge on any atom is -0.467 e. The number of benzene rings is 1. The molecule has 23 heavy (non-hydrogen) atoms. The van der Waals surface area contributed by atoms with Crippen molar-refractivity contribution in [2.45, 2.75) is 19.0 Å². The molecule has 0 unspecified atom stereocenters. The van der Waals surface area contributed by atoms with Gasteiger partial charge in [-0.15, -0.1) is 0 Å². The second-order valence-corrected chi connectivity index (χ2v) is 5.12. The van der Waals surface area contributed by atoms with Gasteiger partial charge in [0.1, 0.15) is 11.8 Å². The van der Waals surface area contributed by atoms with E-state index in [0.717, 1.165) is 0 Å². The Morgan fingerprint density at radius 2 is 2.00 bits per heavy atom. The molecular formula is C16H15N3O4. The fourth-order valence-electron chi connectivity index (χ4n) is 2.31. The highest BCUT2D eigenvalue weighted by Crippen LogP contribution is 2.18. The number of hydrogen-bond acceptors (Lipinski definition) is 4. The number of rotatable bonds is 4. The molecular weight excluding hydrogens is 298 g/mol. The first kappa shape index (κ1) is 14.8. The highest BCUT2D eigenvalue weighted by molar-refractivity contribution is 6.10. The highest BCUT2D eigenvalue weighted by atomic mass is 16.3. The summed E-state index contributed by atoms with van der Waals surface area (Å²) in [5.74, 6) is -0.549. The lowest BCUT2D eigenvalue weighted by molar-refractivity contribution is -0.125. The SMILES string of the molecule is O=C(C[C@H]1NC(=O)c2ccccc2NC1=O)NCc1ccco1. The number of fused-ring (bicyclic) bond motifs is 1. The third-order valence-electron chi connectivity index (χ3n) is 3.48. The van der Waals surface area contributed by atoms with Gasteiger partial charge in [-0.05, 0) is 24.3 Å². The molecule has 2 heterocycles. The van der Waals surface area contributed by atoms with E-state index in [2.05, 4.69) is 16.0 Å². The molecule has 118 valence electrons.